The quantitative estimate of drug-likeness (QED) is 0.908. The Balaban J connectivity index is 0.00000200. The van der Waals surface area contributed by atoms with Crippen molar-refractivity contribution in [3.8, 4) is 5.75 Å². The number of ether oxygens (including phenoxy) is 1. The van der Waals surface area contributed by atoms with E-state index < -0.39 is 0 Å². The first-order chi connectivity index (χ1) is 9.19. The number of rotatable bonds is 5. The van der Waals surface area contributed by atoms with E-state index in [0.717, 1.165) is 25.3 Å². The van der Waals surface area contributed by atoms with Gasteiger partial charge in [0.15, 0.2) is 0 Å². The summed E-state index contributed by atoms with van der Waals surface area (Å²) in [6.45, 7) is 5.65. The number of methoxy groups -OCH3 is 1. The molecule has 1 saturated heterocycles. The van der Waals surface area contributed by atoms with E-state index in [2.05, 4.69) is 24.0 Å². The molecule has 2 rings (SSSR count). The molecule has 0 amide bonds. The van der Waals surface area contributed by atoms with E-state index in [0.29, 0.717) is 12.0 Å². The molecule has 0 bridgehead atoms. The van der Waals surface area contributed by atoms with Gasteiger partial charge in [0, 0.05) is 19.1 Å². The smallest absolute Gasteiger partial charge is 0.118 e. The van der Waals surface area contributed by atoms with Gasteiger partial charge in [0.25, 0.3) is 0 Å². The number of nitrogens with zero attached hydrogens (tertiary/aromatic N) is 1. The van der Waals surface area contributed by atoms with Gasteiger partial charge < -0.3 is 15.4 Å². The van der Waals surface area contributed by atoms with Crippen molar-refractivity contribution >= 4 is 12.4 Å². The first-order valence-electron chi connectivity index (χ1n) is 7.30. The van der Waals surface area contributed by atoms with Crippen molar-refractivity contribution in [1.82, 2.24) is 4.90 Å². The van der Waals surface area contributed by atoms with Crippen LogP contribution in [0.3, 0.4) is 0 Å². The third-order valence-electron chi connectivity index (χ3n) is 4.16. The van der Waals surface area contributed by atoms with Gasteiger partial charge in [-0.25, -0.2) is 0 Å². The maximum Gasteiger partial charge on any atom is 0.118 e. The molecule has 0 radical (unpaired) electrons. The summed E-state index contributed by atoms with van der Waals surface area (Å²) in [5.74, 6) is 1.60. The summed E-state index contributed by atoms with van der Waals surface area (Å²) in [6.07, 6.45) is 3.68. The normalized spacial score (nSPS) is 21.1. The van der Waals surface area contributed by atoms with Crippen molar-refractivity contribution in [3.05, 3.63) is 29.8 Å². The zero-order chi connectivity index (χ0) is 13.7. The van der Waals surface area contributed by atoms with Crippen LogP contribution in [0.25, 0.3) is 0 Å². The van der Waals surface area contributed by atoms with Gasteiger partial charge in [-0.05, 0) is 56.3 Å². The van der Waals surface area contributed by atoms with Crippen molar-refractivity contribution < 1.29 is 4.74 Å². The van der Waals surface area contributed by atoms with Gasteiger partial charge in [-0.2, -0.15) is 0 Å². The van der Waals surface area contributed by atoms with Crippen molar-refractivity contribution in [1.29, 1.82) is 0 Å². The molecule has 20 heavy (non-hydrogen) atoms. The third kappa shape index (κ3) is 4.97. The molecule has 0 aromatic heterocycles. The number of likely N-dealkylation sites (tertiary alicyclic amines) is 1. The van der Waals surface area contributed by atoms with E-state index in [9.17, 15) is 0 Å². The summed E-state index contributed by atoms with van der Waals surface area (Å²) in [4.78, 5) is 2.56. The number of hydrogen-bond donors (Lipinski definition) is 1. The van der Waals surface area contributed by atoms with Crippen LogP contribution < -0.4 is 10.5 Å². The van der Waals surface area contributed by atoms with Crippen LogP contribution in [0.15, 0.2) is 24.3 Å². The average Bonchev–Trinajstić information content (AvgIpc) is 2.46. The molecule has 2 atom stereocenters. The molecule has 1 aliphatic heterocycles. The van der Waals surface area contributed by atoms with Crippen LogP contribution in [0.4, 0.5) is 0 Å². The molecule has 114 valence electrons. The standard InChI is InChI=1S/C16H26N2O.ClH/c1-13(17)15-4-3-10-18(12-15)11-9-14-5-7-16(19-2)8-6-14;/h5-8,13,15H,3-4,9-12,17H2,1-2H3;1H. The highest BCUT2D eigenvalue weighted by Gasteiger charge is 2.22. The van der Waals surface area contributed by atoms with E-state index in [1.807, 2.05) is 12.1 Å². The van der Waals surface area contributed by atoms with Crippen molar-refractivity contribution in [2.75, 3.05) is 26.7 Å². The minimum absolute atomic E-state index is 0. The van der Waals surface area contributed by atoms with Crippen LogP contribution in [0.2, 0.25) is 0 Å². The summed E-state index contributed by atoms with van der Waals surface area (Å²) in [7, 11) is 1.71. The highest BCUT2D eigenvalue weighted by molar-refractivity contribution is 5.85. The largest absolute Gasteiger partial charge is 0.497 e. The monoisotopic (exact) mass is 298 g/mol. The molecule has 0 aliphatic carbocycles. The molecule has 1 aromatic rings. The number of nitrogens with two attached hydrogens (primary N) is 1. The maximum atomic E-state index is 6.03. The van der Waals surface area contributed by atoms with Gasteiger partial charge in [-0.15, -0.1) is 12.4 Å². The van der Waals surface area contributed by atoms with Gasteiger partial charge in [0.1, 0.15) is 5.75 Å². The second-order valence-corrected chi connectivity index (χ2v) is 5.66. The topological polar surface area (TPSA) is 38.5 Å². The van der Waals surface area contributed by atoms with E-state index in [-0.39, 0.29) is 12.4 Å². The van der Waals surface area contributed by atoms with E-state index in [1.54, 1.807) is 7.11 Å². The van der Waals surface area contributed by atoms with E-state index in [4.69, 9.17) is 10.5 Å². The van der Waals surface area contributed by atoms with Gasteiger partial charge in [0.2, 0.25) is 0 Å². The second kappa shape index (κ2) is 8.50. The second-order valence-electron chi connectivity index (χ2n) is 5.66. The molecule has 3 nitrogen and oxygen atoms in total. The van der Waals surface area contributed by atoms with Crippen LogP contribution in [0.5, 0.6) is 5.75 Å². The summed E-state index contributed by atoms with van der Waals surface area (Å²) in [5.41, 5.74) is 7.41. The number of piperidine rings is 1. The number of benzene rings is 1. The summed E-state index contributed by atoms with van der Waals surface area (Å²) in [6, 6.07) is 8.72. The zero-order valence-electron chi connectivity index (χ0n) is 12.5. The SMILES string of the molecule is COc1ccc(CCN2CCCC(C(C)N)C2)cc1.Cl. The summed E-state index contributed by atoms with van der Waals surface area (Å²) < 4.78 is 5.18. The van der Waals surface area contributed by atoms with Gasteiger partial charge in [-0.3, -0.25) is 0 Å². The number of halogens is 1. The molecule has 1 aliphatic rings. The van der Waals surface area contributed by atoms with Crippen molar-refractivity contribution in [2.24, 2.45) is 11.7 Å². The molecule has 1 aromatic carbocycles. The van der Waals surface area contributed by atoms with E-state index in [1.165, 1.54) is 24.9 Å². The Labute approximate surface area is 128 Å². The van der Waals surface area contributed by atoms with Gasteiger partial charge in [0.05, 0.1) is 7.11 Å². The highest BCUT2D eigenvalue weighted by atomic mass is 35.5. The Kier molecular flexibility index (Phi) is 7.35. The molecule has 2 N–H and O–H groups in total. The van der Waals surface area contributed by atoms with Gasteiger partial charge >= 0.3 is 0 Å². The molecule has 0 spiro atoms. The fourth-order valence-electron chi connectivity index (χ4n) is 2.80. The minimum Gasteiger partial charge on any atom is -0.497 e. The Morgan fingerprint density at radius 2 is 2.05 bits per heavy atom. The van der Waals surface area contributed by atoms with E-state index >= 15 is 0 Å². The molecule has 0 saturated carbocycles. The average molecular weight is 299 g/mol. The third-order valence-corrected chi connectivity index (χ3v) is 4.16. The van der Waals surface area contributed by atoms with Crippen molar-refractivity contribution in [2.45, 2.75) is 32.2 Å². The van der Waals surface area contributed by atoms with Crippen LogP contribution in [-0.2, 0) is 6.42 Å². The van der Waals surface area contributed by atoms with Gasteiger partial charge in [-0.1, -0.05) is 12.1 Å². The molecular weight excluding hydrogens is 272 g/mol. The van der Waals surface area contributed by atoms with Crippen LogP contribution in [0.1, 0.15) is 25.3 Å². The maximum absolute atomic E-state index is 6.03. The molecule has 4 heteroatoms. The molecule has 2 unspecified atom stereocenters. The summed E-state index contributed by atoms with van der Waals surface area (Å²) >= 11 is 0. The first kappa shape index (κ1) is 17.3. The fourth-order valence-corrected chi connectivity index (χ4v) is 2.80. The Bertz CT molecular complexity index is 381. The Morgan fingerprint density at radius 3 is 2.65 bits per heavy atom. The lowest BCUT2D eigenvalue weighted by Crippen LogP contribution is -2.43. The first-order valence-corrected chi connectivity index (χ1v) is 7.30. The predicted molar refractivity (Wildman–Crippen MR) is 86.8 cm³/mol. The summed E-state index contributed by atoms with van der Waals surface area (Å²) in [5, 5.41) is 0. The lowest BCUT2D eigenvalue weighted by molar-refractivity contribution is 0.162. The van der Waals surface area contributed by atoms with Crippen LogP contribution in [-0.4, -0.2) is 37.7 Å². The fraction of sp³-hybridized carbons (Fsp3) is 0.625. The van der Waals surface area contributed by atoms with Crippen LogP contribution >= 0.6 is 12.4 Å². The molecule has 1 heterocycles. The number of hydrogen-bond acceptors (Lipinski definition) is 3. The highest BCUT2D eigenvalue weighted by Crippen LogP contribution is 2.19. The minimum atomic E-state index is 0. The Morgan fingerprint density at radius 1 is 1.35 bits per heavy atom. The molecule has 1 fully saturated rings. The lowest BCUT2D eigenvalue weighted by Gasteiger charge is -2.34. The molecular formula is C16H27ClN2O. The van der Waals surface area contributed by atoms with Crippen molar-refractivity contribution in [3.63, 3.8) is 0 Å². The predicted octanol–water partition coefficient (Wildman–Crippen LogP) is 2.72. The Hall–Kier alpha value is -0.770. The zero-order valence-corrected chi connectivity index (χ0v) is 13.4. The lowest BCUT2D eigenvalue weighted by atomic mass is 9.92. The van der Waals surface area contributed by atoms with Crippen LogP contribution in [0, 0.1) is 5.92 Å².